The van der Waals surface area contributed by atoms with E-state index in [2.05, 4.69) is 65.4 Å². The van der Waals surface area contributed by atoms with Crippen molar-refractivity contribution in [3.63, 3.8) is 0 Å². The number of halogens is 1. The largest absolute Gasteiger partial charge is 0.298 e. The van der Waals surface area contributed by atoms with Gasteiger partial charge in [0, 0.05) is 19.1 Å². The molecule has 0 saturated heterocycles. The number of rotatable bonds is 7. The highest BCUT2D eigenvalue weighted by Gasteiger charge is 2.17. The summed E-state index contributed by atoms with van der Waals surface area (Å²) in [5.74, 6) is 0. The first-order valence-electron chi connectivity index (χ1n) is 6.99. The molecule has 0 radical (unpaired) electrons. The molecule has 0 aromatic carbocycles. The molecule has 0 aliphatic heterocycles. The van der Waals surface area contributed by atoms with Crippen LogP contribution in [0, 0.1) is 0 Å². The first-order valence-corrected chi connectivity index (χ1v) is 7.78. The van der Waals surface area contributed by atoms with Crippen molar-refractivity contribution in [3.05, 3.63) is 15.9 Å². The molecule has 1 heterocycles. The third-order valence-corrected chi connectivity index (χ3v) is 4.47. The molecule has 0 aliphatic carbocycles. The van der Waals surface area contributed by atoms with Crippen LogP contribution in [0.2, 0.25) is 0 Å². The lowest BCUT2D eigenvalue weighted by atomic mass is 10.1. The standard InChI is InChI=1S/C14H26BrN3/c1-6-9-11(4)17(5)10-13-14(15)12(7-2)16-18(13)8-3/h11H,6-10H2,1-5H3. The van der Waals surface area contributed by atoms with Gasteiger partial charge in [-0.05, 0) is 49.7 Å². The Bertz CT molecular complexity index is 373. The fourth-order valence-electron chi connectivity index (χ4n) is 2.20. The van der Waals surface area contributed by atoms with E-state index in [4.69, 9.17) is 0 Å². The molecule has 104 valence electrons. The predicted octanol–water partition coefficient (Wildman–Crippen LogP) is 3.85. The van der Waals surface area contributed by atoms with Gasteiger partial charge in [-0.15, -0.1) is 0 Å². The maximum Gasteiger partial charge on any atom is 0.0767 e. The van der Waals surface area contributed by atoms with Crippen LogP contribution >= 0.6 is 15.9 Å². The zero-order valence-corrected chi connectivity index (χ0v) is 13.9. The molecule has 1 aromatic rings. The Labute approximate surface area is 120 Å². The minimum Gasteiger partial charge on any atom is -0.298 e. The summed E-state index contributed by atoms with van der Waals surface area (Å²) in [5.41, 5.74) is 2.48. The molecule has 0 bridgehead atoms. The van der Waals surface area contributed by atoms with Crippen molar-refractivity contribution < 1.29 is 0 Å². The molecule has 0 spiro atoms. The molecule has 1 rings (SSSR count). The fraction of sp³-hybridized carbons (Fsp3) is 0.786. The molecule has 0 amide bonds. The normalized spacial score (nSPS) is 13.3. The van der Waals surface area contributed by atoms with Crippen molar-refractivity contribution in [1.82, 2.24) is 14.7 Å². The molecule has 4 heteroatoms. The molecule has 1 atom stereocenters. The van der Waals surface area contributed by atoms with Crippen LogP contribution in [0.15, 0.2) is 4.47 Å². The van der Waals surface area contributed by atoms with Gasteiger partial charge in [-0.25, -0.2) is 0 Å². The quantitative estimate of drug-likeness (QED) is 0.762. The molecule has 0 fully saturated rings. The molecule has 18 heavy (non-hydrogen) atoms. The monoisotopic (exact) mass is 315 g/mol. The number of aromatic nitrogens is 2. The Morgan fingerprint density at radius 1 is 1.33 bits per heavy atom. The van der Waals surface area contributed by atoms with Crippen molar-refractivity contribution in [2.24, 2.45) is 0 Å². The summed E-state index contributed by atoms with van der Waals surface area (Å²) in [6.07, 6.45) is 3.46. The van der Waals surface area contributed by atoms with Gasteiger partial charge in [-0.2, -0.15) is 5.10 Å². The lowest BCUT2D eigenvalue weighted by molar-refractivity contribution is 0.229. The van der Waals surface area contributed by atoms with E-state index in [1.54, 1.807) is 0 Å². The van der Waals surface area contributed by atoms with Crippen LogP contribution in [0.1, 0.15) is 51.9 Å². The maximum absolute atomic E-state index is 4.65. The van der Waals surface area contributed by atoms with Gasteiger partial charge in [0.05, 0.1) is 15.9 Å². The summed E-state index contributed by atoms with van der Waals surface area (Å²) in [4.78, 5) is 2.41. The maximum atomic E-state index is 4.65. The summed E-state index contributed by atoms with van der Waals surface area (Å²) in [6.45, 7) is 10.7. The van der Waals surface area contributed by atoms with Crippen molar-refractivity contribution in [3.8, 4) is 0 Å². The first kappa shape index (κ1) is 15.7. The smallest absolute Gasteiger partial charge is 0.0767 e. The van der Waals surface area contributed by atoms with Gasteiger partial charge in [0.15, 0.2) is 0 Å². The van der Waals surface area contributed by atoms with Crippen LogP contribution in [0.25, 0.3) is 0 Å². The minimum atomic E-state index is 0.618. The Morgan fingerprint density at radius 2 is 2.00 bits per heavy atom. The average Bonchev–Trinajstić information content (AvgIpc) is 2.66. The number of hydrogen-bond acceptors (Lipinski definition) is 2. The number of nitrogens with zero attached hydrogens (tertiary/aromatic N) is 3. The first-order chi connectivity index (χ1) is 8.54. The summed E-state index contributed by atoms with van der Waals surface area (Å²) < 4.78 is 3.32. The van der Waals surface area contributed by atoms with Crippen LogP contribution < -0.4 is 0 Å². The van der Waals surface area contributed by atoms with Crippen molar-refractivity contribution in [2.75, 3.05) is 7.05 Å². The Morgan fingerprint density at radius 3 is 2.50 bits per heavy atom. The molecule has 1 aromatic heterocycles. The van der Waals surface area contributed by atoms with Crippen LogP contribution in [0.5, 0.6) is 0 Å². The van der Waals surface area contributed by atoms with E-state index in [1.165, 1.54) is 28.7 Å². The van der Waals surface area contributed by atoms with Crippen LogP contribution in [0.4, 0.5) is 0 Å². The Kier molecular flexibility index (Phi) is 6.36. The van der Waals surface area contributed by atoms with E-state index in [0.717, 1.165) is 19.5 Å². The number of aryl methyl sites for hydroxylation is 2. The third kappa shape index (κ3) is 3.58. The zero-order valence-electron chi connectivity index (χ0n) is 12.3. The van der Waals surface area contributed by atoms with Gasteiger partial charge in [0.2, 0.25) is 0 Å². The molecule has 3 nitrogen and oxygen atoms in total. The summed E-state index contributed by atoms with van der Waals surface area (Å²) >= 11 is 3.71. The molecular weight excluding hydrogens is 290 g/mol. The van der Waals surface area contributed by atoms with E-state index >= 15 is 0 Å². The van der Waals surface area contributed by atoms with Crippen molar-refractivity contribution in [1.29, 1.82) is 0 Å². The Balaban J connectivity index is 2.85. The summed E-state index contributed by atoms with van der Waals surface area (Å²) in [5, 5.41) is 4.65. The van der Waals surface area contributed by atoms with Gasteiger partial charge in [0.1, 0.15) is 0 Å². The van der Waals surface area contributed by atoms with Crippen LogP contribution in [-0.2, 0) is 19.5 Å². The lowest BCUT2D eigenvalue weighted by Gasteiger charge is -2.24. The van der Waals surface area contributed by atoms with Crippen molar-refractivity contribution in [2.45, 2.75) is 66.1 Å². The summed E-state index contributed by atoms with van der Waals surface area (Å²) in [6, 6.07) is 0.618. The predicted molar refractivity (Wildman–Crippen MR) is 80.8 cm³/mol. The van der Waals surface area contributed by atoms with Gasteiger partial charge in [0.25, 0.3) is 0 Å². The highest BCUT2D eigenvalue weighted by Crippen LogP contribution is 2.24. The van der Waals surface area contributed by atoms with Gasteiger partial charge in [-0.3, -0.25) is 9.58 Å². The lowest BCUT2D eigenvalue weighted by Crippen LogP contribution is -2.29. The fourth-order valence-corrected chi connectivity index (χ4v) is 2.89. The highest BCUT2D eigenvalue weighted by atomic mass is 79.9. The summed E-state index contributed by atoms with van der Waals surface area (Å²) in [7, 11) is 2.20. The third-order valence-electron chi connectivity index (χ3n) is 3.55. The second kappa shape index (κ2) is 7.29. The van der Waals surface area contributed by atoms with E-state index in [0.29, 0.717) is 6.04 Å². The van der Waals surface area contributed by atoms with Gasteiger partial charge < -0.3 is 0 Å². The van der Waals surface area contributed by atoms with Crippen molar-refractivity contribution >= 4 is 15.9 Å². The van der Waals surface area contributed by atoms with E-state index in [1.807, 2.05) is 0 Å². The van der Waals surface area contributed by atoms with Crippen LogP contribution in [-0.4, -0.2) is 27.8 Å². The van der Waals surface area contributed by atoms with Gasteiger partial charge in [-0.1, -0.05) is 20.3 Å². The SMILES string of the molecule is CCCC(C)N(C)Cc1c(Br)c(CC)nn1CC. The molecule has 0 aliphatic rings. The zero-order chi connectivity index (χ0) is 13.7. The topological polar surface area (TPSA) is 21.1 Å². The Hall–Kier alpha value is -0.350. The van der Waals surface area contributed by atoms with Crippen LogP contribution in [0.3, 0.4) is 0 Å². The van der Waals surface area contributed by atoms with Gasteiger partial charge >= 0.3 is 0 Å². The molecule has 1 unspecified atom stereocenters. The van der Waals surface area contributed by atoms with E-state index < -0.39 is 0 Å². The van der Waals surface area contributed by atoms with E-state index in [-0.39, 0.29) is 0 Å². The number of hydrogen-bond donors (Lipinski definition) is 0. The molecular formula is C14H26BrN3. The second-order valence-electron chi connectivity index (χ2n) is 4.93. The molecule has 0 saturated carbocycles. The highest BCUT2D eigenvalue weighted by molar-refractivity contribution is 9.10. The average molecular weight is 316 g/mol. The molecule has 0 N–H and O–H groups in total. The second-order valence-corrected chi connectivity index (χ2v) is 5.72. The van der Waals surface area contributed by atoms with E-state index in [9.17, 15) is 0 Å². The minimum absolute atomic E-state index is 0.618.